The highest BCUT2D eigenvalue weighted by Crippen LogP contribution is 2.22. The molecule has 1 N–H and O–H groups in total. The molecule has 0 spiro atoms. The van der Waals surface area contributed by atoms with Gasteiger partial charge in [0.2, 0.25) is 5.89 Å². The summed E-state index contributed by atoms with van der Waals surface area (Å²) in [6.07, 6.45) is 4.34. The molecule has 3 rings (SSSR count). The highest BCUT2D eigenvalue weighted by Gasteiger charge is 2.20. The van der Waals surface area contributed by atoms with Crippen molar-refractivity contribution < 1.29 is 4.42 Å². The van der Waals surface area contributed by atoms with Crippen LogP contribution in [0.4, 0.5) is 0 Å². The van der Waals surface area contributed by atoms with Gasteiger partial charge in [-0.3, -0.25) is 0 Å². The molecule has 0 bridgehead atoms. The maximum absolute atomic E-state index is 5.42. The zero-order valence-corrected chi connectivity index (χ0v) is 9.09. The van der Waals surface area contributed by atoms with Gasteiger partial charge in [-0.2, -0.15) is 11.3 Å². The van der Waals surface area contributed by atoms with Crippen LogP contribution in [0.1, 0.15) is 18.5 Å². The van der Waals surface area contributed by atoms with Gasteiger partial charge in [-0.1, -0.05) is 0 Å². The van der Waals surface area contributed by atoms with Gasteiger partial charge >= 0.3 is 0 Å². The number of nitrogens with one attached hydrogen (secondary N) is 1. The molecule has 15 heavy (non-hydrogen) atoms. The first-order chi connectivity index (χ1) is 7.42. The Morgan fingerprint density at radius 1 is 1.53 bits per heavy atom. The van der Waals surface area contributed by atoms with Gasteiger partial charge in [0.1, 0.15) is 6.26 Å². The predicted octanol–water partition coefficient (Wildman–Crippen LogP) is 2.66. The van der Waals surface area contributed by atoms with Crippen molar-refractivity contribution in [3.8, 4) is 11.5 Å². The molecule has 1 saturated carbocycles. The molecule has 0 aliphatic heterocycles. The van der Waals surface area contributed by atoms with Gasteiger partial charge in [-0.25, -0.2) is 4.98 Å². The van der Waals surface area contributed by atoms with Crippen LogP contribution in [0, 0.1) is 0 Å². The average Bonchev–Trinajstić information content (AvgIpc) is 2.78. The van der Waals surface area contributed by atoms with Gasteiger partial charge < -0.3 is 9.73 Å². The van der Waals surface area contributed by atoms with Gasteiger partial charge in [0.15, 0.2) is 0 Å². The van der Waals surface area contributed by atoms with Crippen LogP contribution in [0.3, 0.4) is 0 Å². The van der Waals surface area contributed by atoms with Gasteiger partial charge in [-0.05, 0) is 24.3 Å². The number of hydrogen-bond donors (Lipinski definition) is 1. The van der Waals surface area contributed by atoms with Crippen LogP contribution < -0.4 is 5.32 Å². The smallest absolute Gasteiger partial charge is 0.227 e. The third kappa shape index (κ3) is 2.11. The standard InChI is InChI=1S/C11H12N2OS/c1-2-9(1)12-5-10-6-14-11(13-10)8-3-4-15-7-8/h3-4,6-7,9,12H,1-2,5H2. The van der Waals surface area contributed by atoms with Crippen molar-refractivity contribution >= 4 is 11.3 Å². The van der Waals surface area contributed by atoms with Crippen molar-refractivity contribution in [3.05, 3.63) is 28.8 Å². The number of rotatable bonds is 4. The number of oxazole rings is 1. The maximum atomic E-state index is 5.42. The second kappa shape index (κ2) is 3.79. The minimum absolute atomic E-state index is 0.714. The third-order valence-electron chi connectivity index (χ3n) is 2.47. The van der Waals surface area contributed by atoms with Gasteiger partial charge in [0, 0.05) is 23.5 Å². The number of hydrogen-bond acceptors (Lipinski definition) is 4. The van der Waals surface area contributed by atoms with E-state index in [0.717, 1.165) is 23.7 Å². The Kier molecular flexibility index (Phi) is 2.31. The van der Waals surface area contributed by atoms with E-state index >= 15 is 0 Å². The van der Waals surface area contributed by atoms with Crippen LogP contribution in [-0.2, 0) is 6.54 Å². The largest absolute Gasteiger partial charge is 0.444 e. The summed E-state index contributed by atoms with van der Waals surface area (Å²) in [5.41, 5.74) is 2.06. The van der Waals surface area contributed by atoms with Gasteiger partial charge in [0.05, 0.1) is 5.69 Å². The highest BCUT2D eigenvalue weighted by molar-refractivity contribution is 7.08. The minimum atomic E-state index is 0.714. The van der Waals surface area contributed by atoms with Crippen molar-refractivity contribution in [2.45, 2.75) is 25.4 Å². The van der Waals surface area contributed by atoms with E-state index in [1.807, 2.05) is 16.8 Å². The highest BCUT2D eigenvalue weighted by atomic mass is 32.1. The summed E-state index contributed by atoms with van der Waals surface area (Å²) in [4.78, 5) is 4.43. The third-order valence-corrected chi connectivity index (χ3v) is 3.15. The monoisotopic (exact) mass is 220 g/mol. The van der Waals surface area contributed by atoms with Crippen LogP contribution in [0.25, 0.3) is 11.5 Å². The Labute approximate surface area is 92.1 Å². The molecule has 0 amide bonds. The molecule has 0 radical (unpaired) electrons. The van der Waals surface area contributed by atoms with E-state index in [-0.39, 0.29) is 0 Å². The molecule has 0 aromatic carbocycles. The lowest BCUT2D eigenvalue weighted by atomic mass is 10.3. The van der Waals surface area contributed by atoms with Crippen molar-refractivity contribution in [2.24, 2.45) is 0 Å². The van der Waals surface area contributed by atoms with Crippen molar-refractivity contribution in [2.75, 3.05) is 0 Å². The molecule has 3 nitrogen and oxygen atoms in total. The molecular formula is C11H12N2OS. The van der Waals surface area contributed by atoms with E-state index in [0.29, 0.717) is 6.04 Å². The predicted molar refractivity (Wildman–Crippen MR) is 59.7 cm³/mol. The lowest BCUT2D eigenvalue weighted by Crippen LogP contribution is -2.15. The van der Waals surface area contributed by atoms with Crippen molar-refractivity contribution in [1.29, 1.82) is 0 Å². The van der Waals surface area contributed by atoms with E-state index in [1.165, 1.54) is 12.8 Å². The molecule has 1 aliphatic carbocycles. The molecule has 2 heterocycles. The molecule has 2 aromatic rings. The SMILES string of the molecule is c1cc(-c2nc(CNC3CC3)co2)cs1. The van der Waals surface area contributed by atoms with Crippen LogP contribution in [0.15, 0.2) is 27.5 Å². The molecule has 78 valence electrons. The van der Waals surface area contributed by atoms with Crippen LogP contribution in [0.5, 0.6) is 0 Å². The van der Waals surface area contributed by atoms with E-state index in [1.54, 1.807) is 17.6 Å². The fourth-order valence-electron chi connectivity index (χ4n) is 1.44. The molecule has 2 aromatic heterocycles. The Morgan fingerprint density at radius 2 is 2.47 bits per heavy atom. The Morgan fingerprint density at radius 3 is 3.20 bits per heavy atom. The van der Waals surface area contributed by atoms with Crippen LogP contribution in [0.2, 0.25) is 0 Å². The second-order valence-corrected chi connectivity index (χ2v) is 4.59. The molecule has 4 heteroatoms. The lowest BCUT2D eigenvalue weighted by molar-refractivity contribution is 0.570. The molecule has 0 atom stereocenters. The first-order valence-corrected chi connectivity index (χ1v) is 6.06. The summed E-state index contributed by atoms with van der Waals surface area (Å²) in [7, 11) is 0. The zero-order valence-electron chi connectivity index (χ0n) is 8.27. The molecule has 0 saturated heterocycles. The summed E-state index contributed by atoms with van der Waals surface area (Å²) < 4.78 is 5.42. The molecule has 1 fully saturated rings. The van der Waals surface area contributed by atoms with E-state index in [9.17, 15) is 0 Å². The maximum Gasteiger partial charge on any atom is 0.227 e. The Balaban J connectivity index is 1.69. The average molecular weight is 220 g/mol. The summed E-state index contributed by atoms with van der Waals surface area (Å²) in [5.74, 6) is 0.726. The quantitative estimate of drug-likeness (QED) is 0.860. The minimum Gasteiger partial charge on any atom is -0.444 e. The molecule has 1 aliphatic rings. The number of nitrogens with zero attached hydrogens (tertiary/aromatic N) is 1. The van der Waals surface area contributed by atoms with Crippen LogP contribution >= 0.6 is 11.3 Å². The topological polar surface area (TPSA) is 38.1 Å². The van der Waals surface area contributed by atoms with Crippen molar-refractivity contribution in [3.63, 3.8) is 0 Å². The number of thiophene rings is 1. The molecule has 0 unspecified atom stereocenters. The first-order valence-electron chi connectivity index (χ1n) is 5.12. The normalized spacial score (nSPS) is 15.7. The van der Waals surface area contributed by atoms with E-state index < -0.39 is 0 Å². The summed E-state index contributed by atoms with van der Waals surface area (Å²) in [6, 6.07) is 2.74. The van der Waals surface area contributed by atoms with Gasteiger partial charge in [-0.15, -0.1) is 0 Å². The summed E-state index contributed by atoms with van der Waals surface area (Å²) in [5, 5.41) is 7.49. The lowest BCUT2D eigenvalue weighted by Gasteiger charge is -1.95. The zero-order chi connectivity index (χ0) is 10.1. The van der Waals surface area contributed by atoms with E-state index in [4.69, 9.17) is 4.42 Å². The fraction of sp³-hybridized carbons (Fsp3) is 0.364. The second-order valence-electron chi connectivity index (χ2n) is 3.81. The Hall–Kier alpha value is -1.13. The van der Waals surface area contributed by atoms with Gasteiger partial charge in [0.25, 0.3) is 0 Å². The summed E-state index contributed by atoms with van der Waals surface area (Å²) in [6.45, 7) is 0.818. The van der Waals surface area contributed by atoms with Crippen molar-refractivity contribution in [1.82, 2.24) is 10.3 Å². The molecular weight excluding hydrogens is 208 g/mol. The fourth-order valence-corrected chi connectivity index (χ4v) is 2.07. The number of aromatic nitrogens is 1. The van der Waals surface area contributed by atoms with E-state index in [2.05, 4.69) is 10.3 Å². The first kappa shape index (κ1) is 9.12. The van der Waals surface area contributed by atoms with Crippen LogP contribution in [-0.4, -0.2) is 11.0 Å². The summed E-state index contributed by atoms with van der Waals surface area (Å²) >= 11 is 1.66. The Bertz CT molecular complexity index is 431.